The lowest BCUT2D eigenvalue weighted by Crippen LogP contribution is -2.39. The number of benzene rings is 2. The maximum atomic E-state index is 11.8. The monoisotopic (exact) mass is 379 g/mol. The second-order valence-electron chi connectivity index (χ2n) is 7.30. The molecule has 4 N–H and O–H groups in total. The number of nitrogens with one attached hydrogen (secondary N) is 1. The molecule has 1 aliphatic rings. The van der Waals surface area contributed by atoms with Gasteiger partial charge in [-0.1, -0.05) is 48.5 Å². The summed E-state index contributed by atoms with van der Waals surface area (Å²) in [7, 11) is 0. The van der Waals surface area contributed by atoms with E-state index < -0.39 is 5.97 Å². The fraction of sp³-hybridized carbons (Fsp3) is 0.318. The quantitative estimate of drug-likeness (QED) is 0.389. The molecular weight excluding hydrogens is 354 g/mol. The first kappa shape index (κ1) is 19.8. The number of nitrogens with zero attached hydrogens (tertiary/aromatic N) is 1. The van der Waals surface area contributed by atoms with Crippen LogP contribution in [0, 0.1) is 11.3 Å². The van der Waals surface area contributed by atoms with Crippen molar-refractivity contribution in [2.75, 3.05) is 13.1 Å². The van der Waals surface area contributed by atoms with E-state index in [0.29, 0.717) is 12.1 Å². The maximum Gasteiger partial charge on any atom is 0.303 e. The van der Waals surface area contributed by atoms with E-state index in [1.54, 1.807) is 0 Å². The number of nitrogens with two attached hydrogens (primary N) is 1. The number of rotatable bonds is 7. The third kappa shape index (κ3) is 4.64. The van der Waals surface area contributed by atoms with Crippen molar-refractivity contribution in [1.82, 2.24) is 4.90 Å². The molecule has 146 valence electrons. The van der Waals surface area contributed by atoms with Crippen LogP contribution in [0.4, 0.5) is 0 Å². The summed E-state index contributed by atoms with van der Waals surface area (Å²) in [5.41, 5.74) is 9.12. The van der Waals surface area contributed by atoms with Gasteiger partial charge in [0.05, 0.1) is 6.04 Å². The van der Waals surface area contributed by atoms with E-state index in [0.717, 1.165) is 42.4 Å². The lowest BCUT2D eigenvalue weighted by atomic mass is 9.92. The van der Waals surface area contributed by atoms with E-state index in [4.69, 9.17) is 16.2 Å². The van der Waals surface area contributed by atoms with Crippen LogP contribution in [0.3, 0.4) is 0 Å². The zero-order chi connectivity index (χ0) is 20.1. The van der Waals surface area contributed by atoms with Gasteiger partial charge in [0.1, 0.15) is 12.1 Å². The minimum atomic E-state index is -0.783. The SMILES string of the molecule is N=C(N)c1ccc(-c2ccc(C(C=O)N3CCCC(CC(=O)O)C3)cc2)cc1. The molecule has 6 heteroatoms. The Bertz CT molecular complexity index is 846. The predicted molar refractivity (Wildman–Crippen MR) is 108 cm³/mol. The summed E-state index contributed by atoms with van der Waals surface area (Å²) in [6.45, 7) is 1.43. The van der Waals surface area contributed by atoms with E-state index >= 15 is 0 Å². The third-order valence-corrected chi connectivity index (χ3v) is 5.32. The maximum absolute atomic E-state index is 11.8. The number of carbonyl (C=O) groups is 2. The molecule has 2 aromatic carbocycles. The van der Waals surface area contributed by atoms with Crippen molar-refractivity contribution in [2.24, 2.45) is 11.7 Å². The second-order valence-corrected chi connectivity index (χ2v) is 7.30. The average Bonchev–Trinajstić information content (AvgIpc) is 2.69. The highest BCUT2D eigenvalue weighted by Crippen LogP contribution is 2.29. The number of hydrogen-bond acceptors (Lipinski definition) is 4. The van der Waals surface area contributed by atoms with Gasteiger partial charge >= 0.3 is 5.97 Å². The molecule has 0 saturated carbocycles. The Kier molecular flexibility index (Phi) is 6.21. The summed E-state index contributed by atoms with van der Waals surface area (Å²) in [5, 5.41) is 16.5. The molecule has 28 heavy (non-hydrogen) atoms. The molecule has 2 atom stereocenters. The van der Waals surface area contributed by atoms with Crippen LogP contribution < -0.4 is 5.73 Å². The van der Waals surface area contributed by atoms with Crippen LogP contribution in [-0.2, 0) is 9.59 Å². The highest BCUT2D eigenvalue weighted by molar-refractivity contribution is 5.95. The summed E-state index contributed by atoms with van der Waals surface area (Å²) in [6.07, 6.45) is 2.89. The van der Waals surface area contributed by atoms with Crippen LogP contribution in [0.5, 0.6) is 0 Å². The molecule has 3 rings (SSSR count). The normalized spacial score (nSPS) is 18.4. The van der Waals surface area contributed by atoms with Crippen molar-refractivity contribution in [3.8, 4) is 11.1 Å². The molecular formula is C22H25N3O3. The number of aldehydes is 1. The van der Waals surface area contributed by atoms with E-state index in [9.17, 15) is 9.59 Å². The van der Waals surface area contributed by atoms with Gasteiger partial charge in [0.2, 0.25) is 0 Å². The summed E-state index contributed by atoms with van der Waals surface area (Å²) in [4.78, 5) is 24.9. The van der Waals surface area contributed by atoms with E-state index in [1.807, 2.05) is 48.5 Å². The number of aliphatic carboxylic acids is 1. The van der Waals surface area contributed by atoms with Crippen LogP contribution in [0.15, 0.2) is 48.5 Å². The highest BCUT2D eigenvalue weighted by Gasteiger charge is 2.27. The molecule has 0 amide bonds. The number of carboxylic acid groups (broad SMARTS) is 1. The Morgan fingerprint density at radius 3 is 2.32 bits per heavy atom. The summed E-state index contributed by atoms with van der Waals surface area (Å²) >= 11 is 0. The number of piperidine rings is 1. The van der Waals surface area contributed by atoms with Crippen LogP contribution in [0.2, 0.25) is 0 Å². The van der Waals surface area contributed by atoms with Crippen molar-refractivity contribution < 1.29 is 14.7 Å². The zero-order valence-electron chi connectivity index (χ0n) is 15.7. The average molecular weight is 379 g/mol. The number of amidine groups is 1. The molecule has 0 radical (unpaired) electrons. The number of carbonyl (C=O) groups excluding carboxylic acids is 1. The smallest absolute Gasteiger partial charge is 0.303 e. The van der Waals surface area contributed by atoms with E-state index in [2.05, 4.69) is 4.90 Å². The van der Waals surface area contributed by atoms with Gasteiger partial charge < -0.3 is 15.6 Å². The van der Waals surface area contributed by atoms with Crippen molar-refractivity contribution in [1.29, 1.82) is 5.41 Å². The van der Waals surface area contributed by atoms with Gasteiger partial charge in [0, 0.05) is 18.5 Å². The first-order valence-electron chi connectivity index (χ1n) is 9.44. The highest BCUT2D eigenvalue weighted by atomic mass is 16.4. The predicted octanol–water partition coefficient (Wildman–Crippen LogP) is 3.06. The minimum absolute atomic E-state index is 0.0402. The van der Waals surface area contributed by atoms with Gasteiger partial charge in [-0.05, 0) is 42.0 Å². The lowest BCUT2D eigenvalue weighted by Gasteiger charge is -2.35. The Balaban J connectivity index is 1.74. The van der Waals surface area contributed by atoms with Gasteiger partial charge in [-0.3, -0.25) is 15.1 Å². The van der Waals surface area contributed by atoms with Gasteiger partial charge in [0.25, 0.3) is 0 Å². The first-order valence-corrected chi connectivity index (χ1v) is 9.44. The summed E-state index contributed by atoms with van der Waals surface area (Å²) < 4.78 is 0. The second kappa shape index (κ2) is 8.80. The van der Waals surface area contributed by atoms with Gasteiger partial charge in [-0.2, -0.15) is 0 Å². The Labute approximate surface area is 164 Å². The van der Waals surface area contributed by atoms with E-state index in [-0.39, 0.29) is 24.2 Å². The van der Waals surface area contributed by atoms with Crippen molar-refractivity contribution >= 4 is 18.1 Å². The fourth-order valence-corrected chi connectivity index (χ4v) is 3.85. The van der Waals surface area contributed by atoms with Crippen molar-refractivity contribution in [2.45, 2.75) is 25.3 Å². The van der Waals surface area contributed by atoms with Crippen LogP contribution in [0.25, 0.3) is 11.1 Å². The molecule has 2 aromatic rings. The Hall–Kier alpha value is -2.99. The van der Waals surface area contributed by atoms with Gasteiger partial charge in [-0.25, -0.2) is 0 Å². The van der Waals surface area contributed by atoms with Gasteiger partial charge in [-0.15, -0.1) is 0 Å². The van der Waals surface area contributed by atoms with Crippen LogP contribution in [0.1, 0.15) is 36.4 Å². The van der Waals surface area contributed by atoms with E-state index in [1.165, 1.54) is 0 Å². The summed E-state index contributed by atoms with van der Waals surface area (Å²) in [5.74, 6) is -0.652. The molecule has 0 aliphatic carbocycles. The molecule has 1 saturated heterocycles. The lowest BCUT2D eigenvalue weighted by molar-refractivity contribution is -0.138. The molecule has 0 bridgehead atoms. The van der Waals surface area contributed by atoms with Gasteiger partial charge in [0.15, 0.2) is 0 Å². The zero-order valence-corrected chi connectivity index (χ0v) is 15.7. The Morgan fingerprint density at radius 1 is 1.18 bits per heavy atom. The topological polar surface area (TPSA) is 107 Å². The number of carboxylic acids is 1. The van der Waals surface area contributed by atoms with Crippen molar-refractivity contribution in [3.63, 3.8) is 0 Å². The standard InChI is InChI=1S/C22H25N3O3/c23-22(24)19-9-5-17(6-10-19)16-3-7-18(8-4-16)20(14-26)25-11-1-2-15(13-25)12-21(27)28/h3-10,14-15,20H,1-2,11-13H2,(H3,23,24)(H,27,28). The van der Waals surface area contributed by atoms with Crippen molar-refractivity contribution in [3.05, 3.63) is 59.7 Å². The molecule has 6 nitrogen and oxygen atoms in total. The minimum Gasteiger partial charge on any atom is -0.481 e. The summed E-state index contributed by atoms with van der Waals surface area (Å²) in [6, 6.07) is 15.0. The Morgan fingerprint density at radius 2 is 1.79 bits per heavy atom. The van der Waals surface area contributed by atoms with Crippen LogP contribution >= 0.6 is 0 Å². The number of likely N-dealkylation sites (tertiary alicyclic amines) is 1. The molecule has 1 aliphatic heterocycles. The molecule has 0 spiro atoms. The van der Waals surface area contributed by atoms with Crippen LogP contribution in [-0.4, -0.2) is 41.2 Å². The first-order chi connectivity index (χ1) is 13.5. The molecule has 1 heterocycles. The molecule has 0 aromatic heterocycles. The largest absolute Gasteiger partial charge is 0.481 e. The number of hydrogen-bond donors (Lipinski definition) is 3. The number of nitrogen functional groups attached to an aromatic ring is 1. The fourth-order valence-electron chi connectivity index (χ4n) is 3.85. The molecule has 1 fully saturated rings. The third-order valence-electron chi connectivity index (χ3n) is 5.32. The molecule has 2 unspecified atom stereocenters.